The Morgan fingerprint density at radius 1 is 1.33 bits per heavy atom. The lowest BCUT2D eigenvalue weighted by Crippen LogP contribution is -2.45. The van der Waals surface area contributed by atoms with Crippen molar-refractivity contribution in [2.24, 2.45) is 5.92 Å². The van der Waals surface area contributed by atoms with Crippen molar-refractivity contribution in [3.05, 3.63) is 23.9 Å². The number of likely N-dealkylation sites (tertiary alicyclic amines) is 1. The van der Waals surface area contributed by atoms with Crippen LogP contribution in [0.25, 0.3) is 0 Å². The molecule has 0 radical (unpaired) electrons. The fourth-order valence-electron chi connectivity index (χ4n) is 4.17. The van der Waals surface area contributed by atoms with Crippen LogP contribution in [0.15, 0.2) is 18.3 Å². The fraction of sp³-hybridized carbons (Fsp3) is 0.684. The molecule has 1 aromatic heterocycles. The van der Waals surface area contributed by atoms with E-state index in [-0.39, 0.29) is 12.0 Å². The van der Waals surface area contributed by atoms with Crippen molar-refractivity contribution in [1.82, 2.24) is 9.88 Å². The summed E-state index contributed by atoms with van der Waals surface area (Å²) in [4.78, 5) is 17.8. The van der Waals surface area contributed by atoms with Crippen molar-refractivity contribution in [2.75, 3.05) is 18.4 Å². The van der Waals surface area contributed by atoms with Crippen LogP contribution in [0.3, 0.4) is 0 Å². The van der Waals surface area contributed by atoms with Gasteiger partial charge in [0.1, 0.15) is 5.82 Å². The van der Waals surface area contributed by atoms with Crippen molar-refractivity contribution in [3.63, 3.8) is 0 Å². The highest BCUT2D eigenvalue weighted by Crippen LogP contribution is 2.30. The zero-order valence-corrected chi connectivity index (χ0v) is 14.6. The molecular formula is C19H29N3O2. The summed E-state index contributed by atoms with van der Waals surface area (Å²) < 4.78 is 0. The van der Waals surface area contributed by atoms with Crippen molar-refractivity contribution >= 4 is 11.7 Å². The van der Waals surface area contributed by atoms with E-state index in [0.717, 1.165) is 38.3 Å². The van der Waals surface area contributed by atoms with Crippen LogP contribution in [0.4, 0.5) is 5.82 Å². The van der Waals surface area contributed by atoms with Gasteiger partial charge in [-0.25, -0.2) is 4.98 Å². The zero-order chi connectivity index (χ0) is 16.9. The number of carbonyl (C=O) groups excluding carboxylic acids is 1. The minimum Gasteiger partial charge on any atom is -0.391 e. The molecule has 0 bridgehead atoms. The molecule has 5 heteroatoms. The molecule has 2 atom stereocenters. The van der Waals surface area contributed by atoms with Gasteiger partial charge in [-0.2, -0.15) is 0 Å². The number of piperidine rings is 1. The predicted molar refractivity (Wildman–Crippen MR) is 94.8 cm³/mol. The molecule has 1 saturated carbocycles. The Labute approximate surface area is 144 Å². The van der Waals surface area contributed by atoms with Gasteiger partial charge in [-0.1, -0.05) is 0 Å². The molecule has 132 valence electrons. The van der Waals surface area contributed by atoms with Crippen LogP contribution in [-0.2, 0) is 11.2 Å². The lowest BCUT2D eigenvalue weighted by molar-refractivity contribution is -0.114. The average Bonchev–Trinajstić information content (AvgIpc) is 2.99. The quantitative estimate of drug-likeness (QED) is 0.870. The smallest absolute Gasteiger partial charge is 0.222 e. The Morgan fingerprint density at radius 3 is 2.79 bits per heavy atom. The van der Waals surface area contributed by atoms with Gasteiger partial charge >= 0.3 is 0 Å². The van der Waals surface area contributed by atoms with Gasteiger partial charge in [0.25, 0.3) is 0 Å². The van der Waals surface area contributed by atoms with E-state index >= 15 is 0 Å². The number of nitrogens with one attached hydrogen (secondary N) is 1. The minimum atomic E-state index is -0.106. The third-order valence-electron chi connectivity index (χ3n) is 5.53. The number of hydrogen-bond donors (Lipinski definition) is 2. The summed E-state index contributed by atoms with van der Waals surface area (Å²) >= 11 is 0. The van der Waals surface area contributed by atoms with Crippen LogP contribution in [0, 0.1) is 5.92 Å². The van der Waals surface area contributed by atoms with Crippen LogP contribution in [0.1, 0.15) is 51.0 Å². The van der Waals surface area contributed by atoms with Crippen molar-refractivity contribution < 1.29 is 9.90 Å². The topological polar surface area (TPSA) is 65.5 Å². The number of aryl methyl sites for hydroxylation is 1. The van der Waals surface area contributed by atoms with Gasteiger partial charge in [0.2, 0.25) is 5.91 Å². The maximum Gasteiger partial charge on any atom is 0.222 e. The van der Waals surface area contributed by atoms with E-state index in [0.29, 0.717) is 11.9 Å². The summed E-state index contributed by atoms with van der Waals surface area (Å²) in [6.07, 6.45) is 9.65. The Balaban J connectivity index is 1.44. The number of carbonyl (C=O) groups is 1. The first-order valence-corrected chi connectivity index (χ1v) is 9.26. The number of hydrogen-bond acceptors (Lipinski definition) is 4. The Kier molecular flexibility index (Phi) is 5.85. The highest BCUT2D eigenvalue weighted by atomic mass is 16.3. The summed E-state index contributed by atoms with van der Waals surface area (Å²) in [5.41, 5.74) is 1.24. The number of rotatable bonds is 5. The lowest BCUT2D eigenvalue weighted by atomic mass is 9.90. The van der Waals surface area contributed by atoms with Gasteiger partial charge in [-0.05, 0) is 81.6 Å². The number of amides is 1. The Morgan fingerprint density at radius 2 is 2.12 bits per heavy atom. The van der Waals surface area contributed by atoms with Crippen molar-refractivity contribution in [3.8, 4) is 0 Å². The third-order valence-corrected chi connectivity index (χ3v) is 5.53. The first-order valence-electron chi connectivity index (χ1n) is 9.26. The van der Waals surface area contributed by atoms with Gasteiger partial charge in [0.05, 0.1) is 6.10 Å². The number of anilines is 1. The number of pyridine rings is 1. The summed E-state index contributed by atoms with van der Waals surface area (Å²) in [7, 11) is 0. The highest BCUT2D eigenvalue weighted by molar-refractivity contribution is 5.87. The summed E-state index contributed by atoms with van der Waals surface area (Å²) in [5.74, 6) is 1.32. The van der Waals surface area contributed by atoms with E-state index in [2.05, 4.69) is 15.2 Å². The van der Waals surface area contributed by atoms with E-state index < -0.39 is 0 Å². The molecule has 2 fully saturated rings. The van der Waals surface area contributed by atoms with E-state index in [1.165, 1.54) is 38.2 Å². The summed E-state index contributed by atoms with van der Waals surface area (Å²) in [6.45, 7) is 3.75. The molecule has 3 rings (SSSR count). The second-order valence-electron chi connectivity index (χ2n) is 7.31. The zero-order valence-electron chi connectivity index (χ0n) is 14.6. The molecule has 1 saturated heterocycles. The second-order valence-corrected chi connectivity index (χ2v) is 7.31. The van der Waals surface area contributed by atoms with Crippen LogP contribution in [0.5, 0.6) is 0 Å². The van der Waals surface area contributed by atoms with Crippen LogP contribution >= 0.6 is 0 Å². The normalized spacial score (nSPS) is 25.8. The van der Waals surface area contributed by atoms with E-state index in [1.807, 2.05) is 12.1 Å². The molecule has 1 aliphatic heterocycles. The number of aromatic nitrogens is 1. The molecular weight excluding hydrogens is 302 g/mol. The van der Waals surface area contributed by atoms with Gasteiger partial charge in [-0.3, -0.25) is 9.69 Å². The predicted octanol–water partition coefficient (Wildman–Crippen LogP) is 2.60. The summed E-state index contributed by atoms with van der Waals surface area (Å²) in [6, 6.07) is 4.42. The first-order chi connectivity index (χ1) is 11.6. The first kappa shape index (κ1) is 17.4. The lowest BCUT2D eigenvalue weighted by Gasteiger charge is -2.37. The summed E-state index contributed by atoms with van der Waals surface area (Å²) in [5, 5.41) is 12.8. The van der Waals surface area contributed by atoms with Gasteiger partial charge in [0, 0.05) is 19.2 Å². The van der Waals surface area contributed by atoms with Gasteiger partial charge in [0.15, 0.2) is 0 Å². The minimum absolute atomic E-state index is 0.0823. The Bertz CT molecular complexity index is 555. The molecule has 2 N–H and O–H groups in total. The molecule has 0 spiro atoms. The molecule has 0 unspecified atom stereocenters. The number of aliphatic hydroxyl groups is 1. The monoisotopic (exact) mass is 331 g/mol. The average molecular weight is 331 g/mol. The Hall–Kier alpha value is -1.46. The molecule has 2 aliphatic rings. The second kappa shape index (κ2) is 8.08. The van der Waals surface area contributed by atoms with Crippen molar-refractivity contribution in [2.45, 2.75) is 64.0 Å². The SMILES string of the molecule is CC(=O)Nc1cc(CCC2CCN([C@H]3CCC[C@@H]3O)CC2)ccn1. The van der Waals surface area contributed by atoms with Crippen LogP contribution in [-0.4, -0.2) is 46.1 Å². The van der Waals surface area contributed by atoms with Gasteiger partial charge in [-0.15, -0.1) is 0 Å². The largest absolute Gasteiger partial charge is 0.391 e. The number of nitrogens with zero attached hydrogens (tertiary/aromatic N) is 2. The third kappa shape index (κ3) is 4.54. The van der Waals surface area contributed by atoms with E-state index in [1.54, 1.807) is 6.20 Å². The highest BCUT2D eigenvalue weighted by Gasteiger charge is 2.32. The molecule has 0 aromatic carbocycles. The van der Waals surface area contributed by atoms with E-state index in [9.17, 15) is 9.90 Å². The van der Waals surface area contributed by atoms with Crippen LogP contribution in [0.2, 0.25) is 0 Å². The van der Waals surface area contributed by atoms with Gasteiger partial charge < -0.3 is 10.4 Å². The molecule has 1 aliphatic carbocycles. The number of aliphatic hydroxyl groups excluding tert-OH is 1. The molecule has 1 amide bonds. The van der Waals surface area contributed by atoms with Crippen LogP contribution < -0.4 is 5.32 Å². The fourth-order valence-corrected chi connectivity index (χ4v) is 4.17. The molecule has 2 heterocycles. The molecule has 1 aromatic rings. The molecule has 24 heavy (non-hydrogen) atoms. The van der Waals surface area contributed by atoms with E-state index in [4.69, 9.17) is 0 Å². The maximum atomic E-state index is 11.1. The molecule has 5 nitrogen and oxygen atoms in total. The standard InChI is InChI=1S/C19H29N3O2/c1-14(23)21-19-13-16(7-10-20-19)6-5-15-8-11-22(12-9-15)17-3-2-4-18(17)24/h7,10,13,15,17-18,24H,2-6,8-9,11-12H2,1H3,(H,20,21,23)/t17-,18-/m0/s1. The van der Waals surface area contributed by atoms with Crippen molar-refractivity contribution in [1.29, 1.82) is 0 Å². The maximum absolute atomic E-state index is 11.1.